The fourth-order valence-corrected chi connectivity index (χ4v) is 1.01. The summed E-state index contributed by atoms with van der Waals surface area (Å²) < 4.78 is 11.8. The second-order valence-electron chi connectivity index (χ2n) is 2.07. The normalized spacial score (nSPS) is 9.80. The van der Waals surface area contributed by atoms with Crippen molar-refractivity contribution < 1.29 is 4.39 Å². The molecule has 0 aromatic heterocycles. The molecule has 0 saturated carbocycles. The van der Waals surface area contributed by atoms with Crippen molar-refractivity contribution in [2.75, 3.05) is 6.67 Å². The highest BCUT2D eigenvalue weighted by atomic mass is 35.5. The molecule has 0 heterocycles. The molecule has 0 amide bonds. The lowest BCUT2D eigenvalue weighted by Crippen LogP contribution is -1.84. The van der Waals surface area contributed by atoms with E-state index in [4.69, 9.17) is 11.6 Å². The number of rotatable bonds is 2. The SMILES string of the molecule is FCCc1cccc(Cl)c1. The van der Waals surface area contributed by atoms with Crippen LogP contribution in [0.4, 0.5) is 4.39 Å². The lowest BCUT2D eigenvalue weighted by molar-refractivity contribution is 0.495. The molecule has 0 unspecified atom stereocenters. The molecule has 0 spiro atoms. The highest BCUT2D eigenvalue weighted by Gasteiger charge is 1.91. The summed E-state index contributed by atoms with van der Waals surface area (Å²) >= 11 is 5.66. The molecule has 2 heteroatoms. The Labute approximate surface area is 64.6 Å². The standard InChI is InChI=1S/C8H8ClF/c9-8-3-1-2-7(6-8)4-5-10/h1-3,6H,4-5H2. The molecule has 1 aromatic carbocycles. The van der Waals surface area contributed by atoms with Crippen molar-refractivity contribution in [1.82, 2.24) is 0 Å². The Hall–Kier alpha value is -0.560. The molecule has 0 nitrogen and oxygen atoms in total. The maximum Gasteiger partial charge on any atom is 0.0934 e. The summed E-state index contributed by atoms with van der Waals surface area (Å²) in [6.07, 6.45) is 0.459. The van der Waals surface area contributed by atoms with Gasteiger partial charge in [0.05, 0.1) is 6.67 Å². The van der Waals surface area contributed by atoms with Gasteiger partial charge in [0.1, 0.15) is 0 Å². The monoisotopic (exact) mass is 158 g/mol. The third-order valence-electron chi connectivity index (χ3n) is 1.27. The number of alkyl halides is 1. The number of aryl methyl sites for hydroxylation is 1. The van der Waals surface area contributed by atoms with Gasteiger partial charge in [0.25, 0.3) is 0 Å². The Morgan fingerprint density at radius 3 is 2.80 bits per heavy atom. The Kier molecular flexibility index (Phi) is 2.69. The van der Waals surface area contributed by atoms with Crippen LogP contribution in [0.3, 0.4) is 0 Å². The molecule has 0 fully saturated rings. The van der Waals surface area contributed by atoms with Gasteiger partial charge in [-0.25, -0.2) is 0 Å². The molecule has 0 radical (unpaired) electrons. The minimum absolute atomic E-state index is 0.319. The summed E-state index contributed by atoms with van der Waals surface area (Å²) in [5, 5.41) is 0.672. The molecule has 0 aliphatic rings. The van der Waals surface area contributed by atoms with Gasteiger partial charge in [0, 0.05) is 11.4 Å². The zero-order chi connectivity index (χ0) is 7.40. The van der Waals surface area contributed by atoms with Gasteiger partial charge in [0.15, 0.2) is 0 Å². The molecule has 1 rings (SSSR count). The fourth-order valence-electron chi connectivity index (χ4n) is 0.802. The van der Waals surface area contributed by atoms with E-state index in [2.05, 4.69) is 0 Å². The van der Waals surface area contributed by atoms with E-state index in [-0.39, 0.29) is 6.67 Å². The van der Waals surface area contributed by atoms with Crippen LogP contribution < -0.4 is 0 Å². The van der Waals surface area contributed by atoms with Crippen molar-refractivity contribution >= 4 is 11.6 Å². The molecule has 10 heavy (non-hydrogen) atoms. The van der Waals surface area contributed by atoms with Crippen LogP contribution in [0.15, 0.2) is 24.3 Å². The van der Waals surface area contributed by atoms with Crippen molar-refractivity contribution in [1.29, 1.82) is 0 Å². The first kappa shape index (κ1) is 7.55. The Morgan fingerprint density at radius 2 is 2.20 bits per heavy atom. The second kappa shape index (κ2) is 3.57. The molecular weight excluding hydrogens is 151 g/mol. The van der Waals surface area contributed by atoms with E-state index in [1.165, 1.54) is 0 Å². The molecule has 0 aliphatic carbocycles. The van der Waals surface area contributed by atoms with Crippen LogP contribution in [0.1, 0.15) is 5.56 Å². The van der Waals surface area contributed by atoms with Gasteiger partial charge in [-0.05, 0) is 17.7 Å². The van der Waals surface area contributed by atoms with Gasteiger partial charge in [-0.15, -0.1) is 0 Å². The molecule has 0 atom stereocenters. The first-order chi connectivity index (χ1) is 4.83. The van der Waals surface area contributed by atoms with Crippen LogP contribution in [0.2, 0.25) is 5.02 Å². The molecule has 0 saturated heterocycles. The lowest BCUT2D eigenvalue weighted by Gasteiger charge is -1.95. The quantitative estimate of drug-likeness (QED) is 0.621. The zero-order valence-corrected chi connectivity index (χ0v) is 6.24. The number of hydrogen-bond donors (Lipinski definition) is 0. The molecular formula is C8H8ClF. The molecule has 0 aliphatic heterocycles. The van der Waals surface area contributed by atoms with Crippen LogP contribution >= 0.6 is 11.6 Å². The highest BCUT2D eigenvalue weighted by Crippen LogP contribution is 2.10. The summed E-state index contributed by atoms with van der Waals surface area (Å²) in [5.74, 6) is 0. The fraction of sp³-hybridized carbons (Fsp3) is 0.250. The van der Waals surface area contributed by atoms with Crippen LogP contribution in [0, 0.1) is 0 Å². The zero-order valence-electron chi connectivity index (χ0n) is 5.48. The largest absolute Gasteiger partial charge is 0.251 e. The van der Waals surface area contributed by atoms with Gasteiger partial charge in [-0.2, -0.15) is 0 Å². The van der Waals surface area contributed by atoms with Crippen molar-refractivity contribution in [2.45, 2.75) is 6.42 Å². The number of benzene rings is 1. The van der Waals surface area contributed by atoms with E-state index < -0.39 is 0 Å². The van der Waals surface area contributed by atoms with Crippen LogP contribution in [0.25, 0.3) is 0 Å². The smallest absolute Gasteiger partial charge is 0.0934 e. The predicted octanol–water partition coefficient (Wildman–Crippen LogP) is 2.85. The molecule has 54 valence electrons. The van der Waals surface area contributed by atoms with Crippen LogP contribution in [-0.2, 0) is 6.42 Å². The lowest BCUT2D eigenvalue weighted by atomic mass is 10.2. The maximum absolute atomic E-state index is 11.8. The van der Waals surface area contributed by atoms with Crippen molar-refractivity contribution in [3.63, 3.8) is 0 Å². The van der Waals surface area contributed by atoms with Crippen molar-refractivity contribution in [3.8, 4) is 0 Å². The predicted molar refractivity (Wildman–Crippen MR) is 41.1 cm³/mol. The Bertz CT molecular complexity index is 210. The summed E-state index contributed by atoms with van der Waals surface area (Å²) in [6, 6.07) is 7.25. The summed E-state index contributed by atoms with van der Waals surface area (Å²) in [5.41, 5.74) is 0.954. The first-order valence-corrected chi connectivity index (χ1v) is 3.51. The third kappa shape index (κ3) is 1.99. The van der Waals surface area contributed by atoms with Gasteiger partial charge in [-0.1, -0.05) is 23.7 Å². The van der Waals surface area contributed by atoms with E-state index in [0.29, 0.717) is 11.4 Å². The van der Waals surface area contributed by atoms with Crippen LogP contribution in [-0.4, -0.2) is 6.67 Å². The average molecular weight is 159 g/mol. The van der Waals surface area contributed by atoms with Crippen molar-refractivity contribution in [2.24, 2.45) is 0 Å². The minimum atomic E-state index is -0.319. The van der Waals surface area contributed by atoms with Gasteiger partial charge in [0.2, 0.25) is 0 Å². The van der Waals surface area contributed by atoms with Crippen molar-refractivity contribution in [3.05, 3.63) is 34.9 Å². The second-order valence-corrected chi connectivity index (χ2v) is 2.51. The van der Waals surface area contributed by atoms with Gasteiger partial charge in [-0.3, -0.25) is 4.39 Å². The van der Waals surface area contributed by atoms with E-state index >= 15 is 0 Å². The summed E-state index contributed by atoms with van der Waals surface area (Å²) in [4.78, 5) is 0. The first-order valence-electron chi connectivity index (χ1n) is 3.13. The van der Waals surface area contributed by atoms with Gasteiger partial charge >= 0.3 is 0 Å². The van der Waals surface area contributed by atoms with E-state index in [0.717, 1.165) is 5.56 Å². The van der Waals surface area contributed by atoms with E-state index in [1.807, 2.05) is 12.1 Å². The Morgan fingerprint density at radius 1 is 1.40 bits per heavy atom. The topological polar surface area (TPSA) is 0 Å². The minimum Gasteiger partial charge on any atom is -0.251 e. The maximum atomic E-state index is 11.8. The van der Waals surface area contributed by atoms with E-state index in [1.54, 1.807) is 12.1 Å². The number of halogens is 2. The molecule has 0 bridgehead atoms. The summed E-state index contributed by atoms with van der Waals surface area (Å²) in [7, 11) is 0. The van der Waals surface area contributed by atoms with E-state index in [9.17, 15) is 4.39 Å². The highest BCUT2D eigenvalue weighted by molar-refractivity contribution is 6.30. The average Bonchev–Trinajstić information content (AvgIpc) is 1.88. The summed E-state index contributed by atoms with van der Waals surface area (Å²) in [6.45, 7) is -0.319. The number of hydrogen-bond acceptors (Lipinski definition) is 0. The van der Waals surface area contributed by atoms with Gasteiger partial charge < -0.3 is 0 Å². The Balaban J connectivity index is 2.75. The third-order valence-corrected chi connectivity index (χ3v) is 1.51. The molecule has 0 N–H and O–H groups in total. The van der Waals surface area contributed by atoms with Crippen LogP contribution in [0.5, 0.6) is 0 Å². The molecule has 1 aromatic rings.